The van der Waals surface area contributed by atoms with Crippen molar-refractivity contribution in [3.05, 3.63) is 64.4 Å². The van der Waals surface area contributed by atoms with E-state index in [0.717, 1.165) is 18.7 Å². The van der Waals surface area contributed by atoms with Gasteiger partial charge in [0.25, 0.3) is 0 Å². The van der Waals surface area contributed by atoms with Crippen molar-refractivity contribution in [3.8, 4) is 0 Å². The van der Waals surface area contributed by atoms with E-state index in [-0.39, 0.29) is 5.78 Å². The van der Waals surface area contributed by atoms with E-state index >= 15 is 0 Å². The molecule has 0 radical (unpaired) electrons. The molecule has 4 heteroatoms. The van der Waals surface area contributed by atoms with E-state index in [1.165, 1.54) is 24.6 Å². The Morgan fingerprint density at radius 3 is 2.68 bits per heavy atom. The second-order valence-electron chi connectivity index (χ2n) is 5.75. The van der Waals surface area contributed by atoms with Crippen LogP contribution in [0.15, 0.2) is 42.6 Å². The number of aromatic nitrogens is 1. The van der Waals surface area contributed by atoms with E-state index in [4.69, 9.17) is 11.6 Å². The molecule has 0 spiro atoms. The summed E-state index contributed by atoms with van der Waals surface area (Å²) in [7, 11) is 0. The Morgan fingerprint density at radius 2 is 2.05 bits per heavy atom. The average molecular weight is 315 g/mol. The number of halogens is 1. The zero-order chi connectivity index (χ0) is 15.4. The van der Waals surface area contributed by atoms with Gasteiger partial charge in [-0.1, -0.05) is 35.9 Å². The Kier molecular flexibility index (Phi) is 4.86. The van der Waals surface area contributed by atoms with Crippen molar-refractivity contribution in [2.45, 2.75) is 25.2 Å². The van der Waals surface area contributed by atoms with Gasteiger partial charge in [0.15, 0.2) is 5.78 Å². The van der Waals surface area contributed by atoms with E-state index in [1.54, 1.807) is 12.1 Å². The first kappa shape index (κ1) is 15.2. The van der Waals surface area contributed by atoms with Gasteiger partial charge in [0, 0.05) is 24.7 Å². The number of ketones is 1. The number of nitrogens with one attached hydrogen (secondary N) is 1. The average Bonchev–Trinajstić information content (AvgIpc) is 2.57. The van der Waals surface area contributed by atoms with Crippen molar-refractivity contribution in [1.82, 2.24) is 10.3 Å². The third-order valence-corrected chi connectivity index (χ3v) is 4.39. The third-order valence-electron chi connectivity index (χ3n) is 4.16. The van der Waals surface area contributed by atoms with E-state index in [9.17, 15) is 4.79 Å². The van der Waals surface area contributed by atoms with E-state index in [1.807, 2.05) is 0 Å². The van der Waals surface area contributed by atoms with Crippen LogP contribution in [0.2, 0.25) is 5.15 Å². The SMILES string of the molecule is O=C(Cc1ccc(C2CCCNC2)cc1)c1ccc(Cl)nc1. The summed E-state index contributed by atoms with van der Waals surface area (Å²) in [6, 6.07) is 11.8. The molecule has 1 aromatic heterocycles. The molecule has 1 saturated heterocycles. The van der Waals surface area contributed by atoms with Crippen molar-refractivity contribution in [2.24, 2.45) is 0 Å². The number of rotatable bonds is 4. The van der Waals surface area contributed by atoms with Crippen LogP contribution in [-0.2, 0) is 6.42 Å². The molecule has 1 aliphatic rings. The molecule has 2 aromatic rings. The second-order valence-corrected chi connectivity index (χ2v) is 6.14. The van der Waals surface area contributed by atoms with E-state index < -0.39 is 0 Å². The fourth-order valence-corrected chi connectivity index (χ4v) is 2.98. The normalized spacial score (nSPS) is 18.1. The van der Waals surface area contributed by atoms with Crippen molar-refractivity contribution in [2.75, 3.05) is 13.1 Å². The lowest BCUT2D eigenvalue weighted by molar-refractivity contribution is 0.0992. The first-order chi connectivity index (χ1) is 10.7. The summed E-state index contributed by atoms with van der Waals surface area (Å²) in [4.78, 5) is 16.2. The number of hydrogen-bond donors (Lipinski definition) is 1. The number of piperidine rings is 1. The van der Waals surface area contributed by atoms with Crippen LogP contribution in [0.5, 0.6) is 0 Å². The summed E-state index contributed by atoms with van der Waals surface area (Å²) in [5.41, 5.74) is 2.99. The van der Waals surface area contributed by atoms with Crippen molar-refractivity contribution in [3.63, 3.8) is 0 Å². The Balaban J connectivity index is 1.65. The number of benzene rings is 1. The van der Waals surface area contributed by atoms with Gasteiger partial charge in [-0.2, -0.15) is 0 Å². The Hall–Kier alpha value is -1.71. The third kappa shape index (κ3) is 3.73. The monoisotopic (exact) mass is 314 g/mol. The Labute approximate surface area is 135 Å². The molecule has 0 bridgehead atoms. The molecule has 114 valence electrons. The molecular formula is C18H19ClN2O. The van der Waals surface area contributed by atoms with E-state index in [2.05, 4.69) is 34.6 Å². The molecule has 0 amide bonds. The topological polar surface area (TPSA) is 42.0 Å². The van der Waals surface area contributed by atoms with Crippen molar-refractivity contribution in [1.29, 1.82) is 0 Å². The predicted molar refractivity (Wildman–Crippen MR) is 88.6 cm³/mol. The molecule has 1 atom stereocenters. The van der Waals surface area contributed by atoms with Crippen LogP contribution in [0, 0.1) is 0 Å². The minimum atomic E-state index is 0.0660. The maximum Gasteiger partial charge on any atom is 0.168 e. The van der Waals surface area contributed by atoms with Gasteiger partial charge in [0.05, 0.1) is 0 Å². The van der Waals surface area contributed by atoms with Gasteiger partial charge in [0.1, 0.15) is 5.15 Å². The molecule has 1 aliphatic heterocycles. The van der Waals surface area contributed by atoms with Gasteiger partial charge < -0.3 is 5.32 Å². The highest BCUT2D eigenvalue weighted by atomic mass is 35.5. The summed E-state index contributed by atoms with van der Waals surface area (Å²) in [5.74, 6) is 0.662. The highest BCUT2D eigenvalue weighted by Crippen LogP contribution is 2.23. The molecule has 0 saturated carbocycles. The highest BCUT2D eigenvalue weighted by molar-refractivity contribution is 6.29. The summed E-state index contributed by atoms with van der Waals surface area (Å²) in [6.07, 6.45) is 4.40. The summed E-state index contributed by atoms with van der Waals surface area (Å²) >= 11 is 5.74. The van der Waals surface area contributed by atoms with Crippen LogP contribution in [0.1, 0.15) is 40.2 Å². The van der Waals surface area contributed by atoms with Crippen molar-refractivity contribution < 1.29 is 4.79 Å². The number of carbonyl (C=O) groups excluding carboxylic acids is 1. The molecule has 1 aromatic carbocycles. The zero-order valence-corrected chi connectivity index (χ0v) is 13.1. The van der Waals surface area contributed by atoms with Gasteiger partial charge in [0.2, 0.25) is 0 Å². The Morgan fingerprint density at radius 1 is 1.23 bits per heavy atom. The fourth-order valence-electron chi connectivity index (χ4n) is 2.87. The Bertz CT molecular complexity index is 631. The van der Waals surface area contributed by atoms with Gasteiger partial charge in [-0.05, 0) is 48.6 Å². The highest BCUT2D eigenvalue weighted by Gasteiger charge is 2.15. The standard InChI is InChI=1S/C18H19ClN2O/c19-18-8-7-16(12-21-18)17(22)10-13-3-5-14(6-4-13)15-2-1-9-20-11-15/h3-8,12,15,20H,1-2,9-11H2. The van der Waals surface area contributed by atoms with Gasteiger partial charge >= 0.3 is 0 Å². The van der Waals surface area contributed by atoms with Crippen LogP contribution in [0.4, 0.5) is 0 Å². The number of Topliss-reactive ketones (excluding diaryl/α,β-unsaturated/α-hetero) is 1. The molecule has 3 rings (SSSR count). The summed E-state index contributed by atoms with van der Waals surface area (Å²) < 4.78 is 0. The van der Waals surface area contributed by atoms with Crippen LogP contribution >= 0.6 is 11.6 Å². The fraction of sp³-hybridized carbons (Fsp3) is 0.333. The number of hydrogen-bond acceptors (Lipinski definition) is 3. The summed E-state index contributed by atoms with van der Waals surface area (Å²) in [6.45, 7) is 2.17. The lowest BCUT2D eigenvalue weighted by atomic mass is 9.90. The second kappa shape index (κ2) is 7.03. The molecule has 1 fully saturated rings. The van der Waals surface area contributed by atoms with Gasteiger partial charge in [-0.15, -0.1) is 0 Å². The maximum atomic E-state index is 12.2. The largest absolute Gasteiger partial charge is 0.316 e. The predicted octanol–water partition coefficient (Wildman–Crippen LogP) is 3.63. The first-order valence-electron chi connectivity index (χ1n) is 7.67. The van der Waals surface area contributed by atoms with Crippen molar-refractivity contribution >= 4 is 17.4 Å². The van der Waals surface area contributed by atoms with Crippen LogP contribution in [0.3, 0.4) is 0 Å². The van der Waals surface area contributed by atoms with Crippen LogP contribution < -0.4 is 5.32 Å². The number of carbonyl (C=O) groups is 1. The minimum absolute atomic E-state index is 0.0660. The van der Waals surface area contributed by atoms with Gasteiger partial charge in [-0.25, -0.2) is 4.98 Å². The quantitative estimate of drug-likeness (QED) is 0.692. The molecule has 1 unspecified atom stereocenters. The molecule has 0 aliphatic carbocycles. The number of nitrogens with zero attached hydrogens (tertiary/aromatic N) is 1. The van der Waals surface area contributed by atoms with E-state index in [0.29, 0.717) is 23.1 Å². The molecule has 22 heavy (non-hydrogen) atoms. The van der Waals surface area contributed by atoms with Gasteiger partial charge in [-0.3, -0.25) is 4.79 Å². The molecular weight excluding hydrogens is 296 g/mol. The minimum Gasteiger partial charge on any atom is -0.316 e. The smallest absolute Gasteiger partial charge is 0.168 e. The number of pyridine rings is 1. The first-order valence-corrected chi connectivity index (χ1v) is 8.04. The molecule has 3 nitrogen and oxygen atoms in total. The zero-order valence-electron chi connectivity index (χ0n) is 12.4. The lowest BCUT2D eigenvalue weighted by Gasteiger charge is -2.23. The molecule has 2 heterocycles. The van der Waals surface area contributed by atoms with Crippen LogP contribution in [-0.4, -0.2) is 23.9 Å². The summed E-state index contributed by atoms with van der Waals surface area (Å²) in [5, 5.41) is 3.84. The van der Waals surface area contributed by atoms with Crippen LogP contribution in [0.25, 0.3) is 0 Å². The lowest BCUT2D eigenvalue weighted by Crippen LogP contribution is -2.28. The maximum absolute atomic E-state index is 12.2. The molecule has 1 N–H and O–H groups in total.